The SMILES string of the molecule is CC1(C)CN(CC(O)CN2CCOCC2)CCN1Cc1ccccc1. The Kier molecular flexibility index (Phi) is 6.47. The minimum atomic E-state index is -0.283. The molecule has 0 spiro atoms. The van der Waals surface area contributed by atoms with Gasteiger partial charge in [0, 0.05) is 57.9 Å². The molecule has 25 heavy (non-hydrogen) atoms. The zero-order valence-corrected chi connectivity index (χ0v) is 15.7. The number of aliphatic hydroxyl groups is 1. The van der Waals surface area contributed by atoms with Gasteiger partial charge in [-0.1, -0.05) is 30.3 Å². The molecule has 2 aliphatic rings. The predicted octanol–water partition coefficient (Wildman–Crippen LogP) is 1.28. The number of benzene rings is 1. The van der Waals surface area contributed by atoms with Gasteiger partial charge in [-0.05, 0) is 19.4 Å². The number of hydrogen-bond donors (Lipinski definition) is 1. The molecule has 140 valence electrons. The maximum Gasteiger partial charge on any atom is 0.0793 e. The van der Waals surface area contributed by atoms with Crippen molar-refractivity contribution in [1.29, 1.82) is 0 Å². The molecular formula is C20H33N3O2. The lowest BCUT2D eigenvalue weighted by atomic mass is 9.97. The van der Waals surface area contributed by atoms with Gasteiger partial charge in [0.05, 0.1) is 19.3 Å². The first-order chi connectivity index (χ1) is 12.0. The third kappa shape index (κ3) is 5.50. The molecule has 1 aromatic carbocycles. The Morgan fingerprint density at radius 3 is 2.36 bits per heavy atom. The van der Waals surface area contributed by atoms with Gasteiger partial charge in [0.2, 0.25) is 0 Å². The van der Waals surface area contributed by atoms with Crippen LogP contribution in [0.2, 0.25) is 0 Å². The van der Waals surface area contributed by atoms with E-state index in [9.17, 15) is 5.11 Å². The molecule has 2 aliphatic heterocycles. The van der Waals surface area contributed by atoms with Crippen molar-refractivity contribution < 1.29 is 9.84 Å². The van der Waals surface area contributed by atoms with E-state index in [2.05, 4.69) is 58.9 Å². The van der Waals surface area contributed by atoms with Crippen molar-refractivity contribution in [3.05, 3.63) is 35.9 Å². The molecule has 0 radical (unpaired) electrons. The second-order valence-corrected chi connectivity index (χ2v) is 8.02. The highest BCUT2D eigenvalue weighted by molar-refractivity contribution is 5.15. The number of morpholine rings is 1. The molecule has 2 saturated heterocycles. The number of hydrogen-bond acceptors (Lipinski definition) is 5. The van der Waals surface area contributed by atoms with Crippen LogP contribution in [0.1, 0.15) is 19.4 Å². The third-order valence-corrected chi connectivity index (χ3v) is 5.41. The van der Waals surface area contributed by atoms with Gasteiger partial charge in [-0.25, -0.2) is 0 Å². The minimum Gasteiger partial charge on any atom is -0.390 e. The molecule has 2 heterocycles. The number of β-amino-alcohol motifs (C(OH)–C–C–N with tert-alkyl or cyclic N) is 1. The van der Waals surface area contributed by atoms with Crippen molar-refractivity contribution in [3.63, 3.8) is 0 Å². The third-order valence-electron chi connectivity index (χ3n) is 5.41. The van der Waals surface area contributed by atoms with Gasteiger partial charge in [-0.3, -0.25) is 14.7 Å². The Bertz CT molecular complexity index is 517. The lowest BCUT2D eigenvalue weighted by Crippen LogP contribution is -2.60. The van der Waals surface area contributed by atoms with Gasteiger partial charge in [0.1, 0.15) is 0 Å². The summed E-state index contributed by atoms with van der Waals surface area (Å²) in [5.74, 6) is 0. The maximum absolute atomic E-state index is 10.5. The number of rotatable bonds is 6. The normalized spacial score (nSPS) is 24.3. The first-order valence-corrected chi connectivity index (χ1v) is 9.52. The van der Waals surface area contributed by atoms with Crippen LogP contribution in [0.15, 0.2) is 30.3 Å². The summed E-state index contributed by atoms with van der Waals surface area (Å²) < 4.78 is 5.38. The fraction of sp³-hybridized carbons (Fsp3) is 0.700. The standard InChI is InChI=1S/C20H33N3O2/c1-20(2)17-22(16-19(24)15-21-10-12-25-13-11-21)8-9-23(20)14-18-6-4-3-5-7-18/h3-7,19,24H,8-17H2,1-2H3. The Morgan fingerprint density at radius 1 is 1.00 bits per heavy atom. The van der Waals surface area contributed by atoms with E-state index in [-0.39, 0.29) is 11.6 Å². The molecule has 0 saturated carbocycles. The van der Waals surface area contributed by atoms with Crippen LogP contribution in [0.4, 0.5) is 0 Å². The summed E-state index contributed by atoms with van der Waals surface area (Å²) in [7, 11) is 0. The molecule has 0 aliphatic carbocycles. The van der Waals surface area contributed by atoms with E-state index in [0.717, 1.165) is 65.6 Å². The van der Waals surface area contributed by atoms with Crippen molar-refractivity contribution in [2.24, 2.45) is 0 Å². The number of piperazine rings is 1. The van der Waals surface area contributed by atoms with Gasteiger partial charge >= 0.3 is 0 Å². The molecule has 0 amide bonds. The summed E-state index contributed by atoms with van der Waals surface area (Å²) in [5.41, 5.74) is 1.49. The average molecular weight is 348 g/mol. The molecular weight excluding hydrogens is 314 g/mol. The molecule has 5 nitrogen and oxygen atoms in total. The molecule has 3 rings (SSSR count). The van der Waals surface area contributed by atoms with Crippen LogP contribution in [0.25, 0.3) is 0 Å². The minimum absolute atomic E-state index is 0.118. The number of ether oxygens (including phenoxy) is 1. The van der Waals surface area contributed by atoms with Crippen molar-refractivity contribution in [1.82, 2.24) is 14.7 Å². The van der Waals surface area contributed by atoms with Gasteiger partial charge in [-0.15, -0.1) is 0 Å². The first-order valence-electron chi connectivity index (χ1n) is 9.52. The van der Waals surface area contributed by atoms with Gasteiger partial charge in [0.15, 0.2) is 0 Å². The van der Waals surface area contributed by atoms with E-state index < -0.39 is 0 Å². The van der Waals surface area contributed by atoms with Crippen LogP contribution in [0.3, 0.4) is 0 Å². The molecule has 0 bridgehead atoms. The van der Waals surface area contributed by atoms with E-state index >= 15 is 0 Å². The number of aliphatic hydroxyl groups excluding tert-OH is 1. The van der Waals surface area contributed by atoms with Gasteiger partial charge in [-0.2, -0.15) is 0 Å². The fourth-order valence-electron chi connectivity index (χ4n) is 3.98. The summed E-state index contributed by atoms with van der Waals surface area (Å²) in [6.45, 7) is 13.7. The van der Waals surface area contributed by atoms with Crippen LogP contribution in [-0.2, 0) is 11.3 Å². The Labute approximate surface area is 152 Å². The topological polar surface area (TPSA) is 39.2 Å². The first kappa shape index (κ1) is 18.8. The van der Waals surface area contributed by atoms with Crippen LogP contribution < -0.4 is 0 Å². The molecule has 1 unspecified atom stereocenters. The molecule has 2 fully saturated rings. The van der Waals surface area contributed by atoms with Crippen LogP contribution >= 0.6 is 0 Å². The smallest absolute Gasteiger partial charge is 0.0793 e. The molecule has 1 aromatic rings. The van der Waals surface area contributed by atoms with Crippen molar-refractivity contribution in [3.8, 4) is 0 Å². The highest BCUT2D eigenvalue weighted by atomic mass is 16.5. The average Bonchev–Trinajstić information content (AvgIpc) is 2.59. The van der Waals surface area contributed by atoms with E-state index in [1.165, 1.54) is 5.56 Å². The Balaban J connectivity index is 1.47. The lowest BCUT2D eigenvalue weighted by Gasteiger charge is -2.48. The highest BCUT2D eigenvalue weighted by Crippen LogP contribution is 2.23. The van der Waals surface area contributed by atoms with E-state index in [0.29, 0.717) is 0 Å². The van der Waals surface area contributed by atoms with Gasteiger partial charge < -0.3 is 9.84 Å². The van der Waals surface area contributed by atoms with Gasteiger partial charge in [0.25, 0.3) is 0 Å². The fourth-order valence-corrected chi connectivity index (χ4v) is 3.98. The summed E-state index contributed by atoms with van der Waals surface area (Å²) in [6, 6.07) is 10.7. The highest BCUT2D eigenvalue weighted by Gasteiger charge is 2.34. The van der Waals surface area contributed by atoms with Crippen LogP contribution in [0, 0.1) is 0 Å². The molecule has 1 atom stereocenters. The van der Waals surface area contributed by atoms with E-state index in [1.807, 2.05) is 0 Å². The van der Waals surface area contributed by atoms with Crippen LogP contribution in [0.5, 0.6) is 0 Å². The van der Waals surface area contributed by atoms with E-state index in [1.54, 1.807) is 0 Å². The second kappa shape index (κ2) is 8.60. The summed E-state index contributed by atoms with van der Waals surface area (Å²) >= 11 is 0. The monoisotopic (exact) mass is 347 g/mol. The predicted molar refractivity (Wildman–Crippen MR) is 101 cm³/mol. The summed E-state index contributed by atoms with van der Waals surface area (Å²) in [4.78, 5) is 7.30. The molecule has 5 heteroatoms. The Hall–Kier alpha value is -0.980. The Morgan fingerprint density at radius 2 is 1.68 bits per heavy atom. The quantitative estimate of drug-likeness (QED) is 0.839. The largest absolute Gasteiger partial charge is 0.390 e. The lowest BCUT2D eigenvalue weighted by molar-refractivity contribution is -0.0216. The zero-order chi connectivity index (χ0) is 17.7. The zero-order valence-electron chi connectivity index (χ0n) is 15.7. The molecule has 0 aromatic heterocycles. The maximum atomic E-state index is 10.5. The summed E-state index contributed by atoms with van der Waals surface area (Å²) in [6.07, 6.45) is -0.283. The van der Waals surface area contributed by atoms with Crippen LogP contribution in [-0.4, -0.2) is 90.5 Å². The van der Waals surface area contributed by atoms with Crippen molar-refractivity contribution in [2.75, 3.05) is 59.0 Å². The summed E-state index contributed by atoms with van der Waals surface area (Å²) in [5, 5.41) is 10.5. The second-order valence-electron chi connectivity index (χ2n) is 8.02. The molecule has 1 N–H and O–H groups in total. The van der Waals surface area contributed by atoms with E-state index in [4.69, 9.17) is 4.74 Å². The number of nitrogens with zero attached hydrogens (tertiary/aromatic N) is 3. The van der Waals surface area contributed by atoms with Crippen molar-refractivity contribution >= 4 is 0 Å². The van der Waals surface area contributed by atoms with Crippen molar-refractivity contribution in [2.45, 2.75) is 32.0 Å².